The first-order valence-electron chi connectivity index (χ1n) is 7.51. The number of hydrogen-bond donors (Lipinski definition) is 0. The van der Waals surface area contributed by atoms with E-state index in [1.807, 2.05) is 36.4 Å². The number of benzene rings is 2. The summed E-state index contributed by atoms with van der Waals surface area (Å²) < 4.78 is 19.8. The molecule has 0 N–H and O–H groups in total. The third kappa shape index (κ3) is 3.21. The minimum atomic E-state index is -0.345. The van der Waals surface area contributed by atoms with Crippen LogP contribution >= 0.6 is 15.9 Å². The van der Waals surface area contributed by atoms with E-state index < -0.39 is 0 Å². The van der Waals surface area contributed by atoms with Crippen molar-refractivity contribution in [3.8, 4) is 23.0 Å². The molecule has 2 aromatic heterocycles. The van der Waals surface area contributed by atoms with E-state index >= 15 is 0 Å². The third-order valence-corrected chi connectivity index (χ3v) is 4.21. The standard InChI is InChI=1S/C19H11BrFN3O/c20-15-10-13(21)7-8-17(15)25-19-14-5-1-2-6-16(14)23-18(24-19)12-4-3-9-22-11-12/h1-11H. The van der Waals surface area contributed by atoms with Gasteiger partial charge >= 0.3 is 0 Å². The lowest BCUT2D eigenvalue weighted by Gasteiger charge is -2.11. The average Bonchev–Trinajstić information content (AvgIpc) is 2.64. The maximum absolute atomic E-state index is 13.3. The minimum Gasteiger partial charge on any atom is -0.437 e. The number of fused-ring (bicyclic) bond motifs is 1. The highest BCUT2D eigenvalue weighted by molar-refractivity contribution is 9.10. The normalized spacial score (nSPS) is 10.8. The lowest BCUT2D eigenvalue weighted by molar-refractivity contribution is 0.464. The number of halogens is 2. The Morgan fingerprint density at radius 1 is 0.960 bits per heavy atom. The summed E-state index contributed by atoms with van der Waals surface area (Å²) in [6.07, 6.45) is 3.39. The van der Waals surface area contributed by atoms with Crippen LogP contribution in [0.5, 0.6) is 11.6 Å². The first kappa shape index (κ1) is 15.7. The zero-order valence-electron chi connectivity index (χ0n) is 12.9. The van der Waals surface area contributed by atoms with Crippen LogP contribution in [-0.2, 0) is 0 Å². The van der Waals surface area contributed by atoms with Gasteiger partial charge in [-0.3, -0.25) is 4.98 Å². The molecule has 0 atom stereocenters. The molecule has 0 spiro atoms. The summed E-state index contributed by atoms with van der Waals surface area (Å²) in [4.78, 5) is 13.2. The second-order valence-corrected chi connectivity index (χ2v) is 6.14. The molecule has 0 aliphatic carbocycles. The molecule has 122 valence electrons. The smallest absolute Gasteiger partial charge is 0.230 e. The molecular weight excluding hydrogens is 385 g/mol. The first-order valence-corrected chi connectivity index (χ1v) is 8.30. The van der Waals surface area contributed by atoms with Gasteiger partial charge in [-0.15, -0.1) is 0 Å². The second kappa shape index (κ2) is 6.57. The fourth-order valence-electron chi connectivity index (χ4n) is 2.41. The first-order chi connectivity index (χ1) is 12.2. The summed E-state index contributed by atoms with van der Waals surface area (Å²) in [5.41, 5.74) is 1.54. The van der Waals surface area contributed by atoms with Crippen molar-refractivity contribution < 1.29 is 9.13 Å². The summed E-state index contributed by atoms with van der Waals surface area (Å²) in [6.45, 7) is 0. The van der Waals surface area contributed by atoms with Crippen molar-refractivity contribution in [2.75, 3.05) is 0 Å². The van der Waals surface area contributed by atoms with E-state index in [4.69, 9.17) is 4.74 Å². The van der Waals surface area contributed by atoms with Gasteiger partial charge in [-0.05, 0) is 58.4 Å². The van der Waals surface area contributed by atoms with Crippen molar-refractivity contribution in [2.24, 2.45) is 0 Å². The Hall–Kier alpha value is -2.86. The number of pyridine rings is 1. The van der Waals surface area contributed by atoms with Gasteiger partial charge in [0.2, 0.25) is 5.88 Å². The Morgan fingerprint density at radius 3 is 2.64 bits per heavy atom. The van der Waals surface area contributed by atoms with Gasteiger partial charge in [-0.25, -0.2) is 9.37 Å². The minimum absolute atomic E-state index is 0.345. The van der Waals surface area contributed by atoms with Gasteiger partial charge in [0.25, 0.3) is 0 Å². The Bertz CT molecular complexity index is 1060. The van der Waals surface area contributed by atoms with Crippen LogP contribution in [0.2, 0.25) is 0 Å². The molecule has 0 fully saturated rings. The van der Waals surface area contributed by atoms with Crippen molar-refractivity contribution in [2.45, 2.75) is 0 Å². The van der Waals surface area contributed by atoms with Crippen LogP contribution < -0.4 is 4.74 Å². The molecule has 4 rings (SSSR count). The molecule has 0 amide bonds. The van der Waals surface area contributed by atoms with Gasteiger partial charge < -0.3 is 4.74 Å². The molecule has 0 bridgehead atoms. The molecular formula is C19H11BrFN3O. The lowest BCUT2D eigenvalue weighted by atomic mass is 10.2. The number of nitrogens with zero attached hydrogens (tertiary/aromatic N) is 3. The van der Waals surface area contributed by atoms with Crippen LogP contribution in [0.25, 0.3) is 22.3 Å². The van der Waals surface area contributed by atoms with E-state index in [9.17, 15) is 4.39 Å². The summed E-state index contributed by atoms with van der Waals surface area (Å²) in [7, 11) is 0. The van der Waals surface area contributed by atoms with Gasteiger partial charge in [0.15, 0.2) is 5.82 Å². The fourth-order valence-corrected chi connectivity index (χ4v) is 2.84. The van der Waals surface area contributed by atoms with Crippen molar-refractivity contribution in [3.63, 3.8) is 0 Å². The van der Waals surface area contributed by atoms with E-state index in [2.05, 4.69) is 30.9 Å². The molecule has 2 heterocycles. The number of ether oxygens (including phenoxy) is 1. The topological polar surface area (TPSA) is 47.9 Å². The molecule has 25 heavy (non-hydrogen) atoms. The monoisotopic (exact) mass is 395 g/mol. The Balaban J connectivity index is 1.86. The van der Waals surface area contributed by atoms with Gasteiger partial charge in [0.05, 0.1) is 15.4 Å². The number of hydrogen-bond acceptors (Lipinski definition) is 4. The zero-order chi connectivity index (χ0) is 17.2. The second-order valence-electron chi connectivity index (χ2n) is 5.29. The van der Waals surface area contributed by atoms with Crippen LogP contribution in [0.3, 0.4) is 0 Å². The summed E-state index contributed by atoms with van der Waals surface area (Å²) in [6, 6.07) is 15.5. The highest BCUT2D eigenvalue weighted by Crippen LogP contribution is 2.33. The highest BCUT2D eigenvalue weighted by atomic mass is 79.9. The molecule has 0 aliphatic rings. The van der Waals surface area contributed by atoms with Crippen molar-refractivity contribution in [3.05, 3.63) is 77.3 Å². The van der Waals surface area contributed by atoms with E-state index in [1.54, 1.807) is 18.5 Å². The van der Waals surface area contributed by atoms with Gasteiger partial charge in [-0.1, -0.05) is 12.1 Å². The average molecular weight is 396 g/mol. The number of rotatable bonds is 3. The van der Waals surface area contributed by atoms with Gasteiger partial charge in [0.1, 0.15) is 11.6 Å². The summed E-state index contributed by atoms with van der Waals surface area (Å²) in [5, 5.41) is 0.770. The summed E-state index contributed by atoms with van der Waals surface area (Å²) >= 11 is 3.31. The number of aromatic nitrogens is 3. The Kier molecular flexibility index (Phi) is 4.11. The molecule has 6 heteroatoms. The summed E-state index contributed by atoms with van der Waals surface area (Å²) in [5.74, 6) is 1.04. The highest BCUT2D eigenvalue weighted by Gasteiger charge is 2.13. The molecule has 0 saturated carbocycles. The predicted molar refractivity (Wildman–Crippen MR) is 96.9 cm³/mol. The van der Waals surface area contributed by atoms with Gasteiger partial charge in [-0.2, -0.15) is 4.98 Å². The van der Waals surface area contributed by atoms with E-state index in [-0.39, 0.29) is 5.82 Å². The third-order valence-electron chi connectivity index (χ3n) is 3.59. The number of para-hydroxylation sites is 1. The van der Waals surface area contributed by atoms with Crippen LogP contribution in [0, 0.1) is 5.82 Å². The van der Waals surface area contributed by atoms with Crippen molar-refractivity contribution in [1.29, 1.82) is 0 Å². The Labute approximate surface area is 151 Å². The van der Waals surface area contributed by atoms with Crippen molar-refractivity contribution >= 4 is 26.8 Å². The zero-order valence-corrected chi connectivity index (χ0v) is 14.4. The quantitative estimate of drug-likeness (QED) is 0.466. The van der Waals surface area contributed by atoms with E-state index in [0.717, 1.165) is 16.5 Å². The molecule has 4 aromatic rings. The molecule has 0 saturated heterocycles. The van der Waals surface area contributed by atoms with Crippen molar-refractivity contribution in [1.82, 2.24) is 15.0 Å². The van der Waals surface area contributed by atoms with Crippen LogP contribution in [-0.4, -0.2) is 15.0 Å². The van der Waals surface area contributed by atoms with Crippen LogP contribution in [0.1, 0.15) is 0 Å². The Morgan fingerprint density at radius 2 is 1.84 bits per heavy atom. The van der Waals surface area contributed by atoms with E-state index in [0.29, 0.717) is 21.9 Å². The lowest BCUT2D eigenvalue weighted by Crippen LogP contribution is -1.97. The predicted octanol–water partition coefficient (Wildman–Crippen LogP) is 5.39. The SMILES string of the molecule is Fc1ccc(Oc2nc(-c3cccnc3)nc3ccccc23)c(Br)c1. The molecule has 4 nitrogen and oxygen atoms in total. The van der Waals surface area contributed by atoms with Crippen LogP contribution in [0.4, 0.5) is 4.39 Å². The fraction of sp³-hybridized carbons (Fsp3) is 0. The maximum Gasteiger partial charge on any atom is 0.230 e. The largest absolute Gasteiger partial charge is 0.437 e. The van der Waals surface area contributed by atoms with Gasteiger partial charge in [0, 0.05) is 18.0 Å². The molecule has 0 unspecified atom stereocenters. The van der Waals surface area contributed by atoms with Crippen LogP contribution in [0.15, 0.2) is 71.5 Å². The maximum atomic E-state index is 13.3. The molecule has 2 aromatic carbocycles. The van der Waals surface area contributed by atoms with E-state index in [1.165, 1.54) is 12.1 Å². The molecule has 0 radical (unpaired) electrons. The molecule has 0 aliphatic heterocycles.